The SMILES string of the molecule is CC(C)(C)OC(=O)N1CCC(COc2ccc(C3=CCC(C(=O)N4CC(=NO)C4)CC3)cc2)CC1. The maximum atomic E-state index is 12.6. The maximum absolute atomic E-state index is 12.6. The molecule has 0 spiro atoms. The molecule has 8 nitrogen and oxygen atoms in total. The predicted octanol–water partition coefficient (Wildman–Crippen LogP) is 4.57. The van der Waals surface area contributed by atoms with Crippen molar-refractivity contribution in [3.63, 3.8) is 0 Å². The van der Waals surface area contributed by atoms with E-state index >= 15 is 0 Å². The number of hydrogen-bond acceptors (Lipinski definition) is 6. The summed E-state index contributed by atoms with van der Waals surface area (Å²) in [5, 5.41) is 11.9. The molecule has 2 saturated heterocycles. The number of nitrogens with zero attached hydrogens (tertiary/aromatic N) is 3. The number of carbonyl (C=O) groups excluding carboxylic acids is 2. The Labute approximate surface area is 207 Å². The number of carbonyl (C=O) groups is 2. The van der Waals surface area contributed by atoms with Gasteiger partial charge in [0.1, 0.15) is 11.4 Å². The quantitative estimate of drug-likeness (QED) is 0.489. The summed E-state index contributed by atoms with van der Waals surface area (Å²) in [5.41, 5.74) is 2.65. The fraction of sp³-hybridized carbons (Fsp3) is 0.593. The van der Waals surface area contributed by atoms with E-state index in [0.29, 0.717) is 44.4 Å². The summed E-state index contributed by atoms with van der Waals surface area (Å²) in [6.45, 7) is 8.61. The van der Waals surface area contributed by atoms with Crippen LogP contribution in [0, 0.1) is 11.8 Å². The minimum Gasteiger partial charge on any atom is -0.493 e. The molecule has 1 atom stereocenters. The first-order valence-electron chi connectivity index (χ1n) is 12.6. The number of amides is 2. The predicted molar refractivity (Wildman–Crippen MR) is 134 cm³/mol. The van der Waals surface area contributed by atoms with Crippen LogP contribution in [0.1, 0.15) is 58.4 Å². The van der Waals surface area contributed by atoms with E-state index in [2.05, 4.69) is 23.4 Å². The fourth-order valence-electron chi connectivity index (χ4n) is 4.78. The van der Waals surface area contributed by atoms with Crippen LogP contribution in [-0.4, -0.2) is 71.1 Å². The Hall–Kier alpha value is -3.03. The molecule has 2 fully saturated rings. The van der Waals surface area contributed by atoms with Gasteiger partial charge in [0, 0.05) is 19.0 Å². The number of ether oxygens (including phenoxy) is 2. The minimum absolute atomic E-state index is 0.0170. The Morgan fingerprint density at radius 2 is 1.74 bits per heavy atom. The lowest BCUT2D eigenvalue weighted by atomic mass is 9.85. The third-order valence-corrected chi connectivity index (χ3v) is 6.94. The standard InChI is InChI=1S/C27H37N3O5/c1-27(2,3)35-26(32)29-14-12-19(13-15-29)18-34-24-10-8-21(9-11-24)20-4-6-22(7-5-20)25(31)30-16-23(17-30)28-33/h4,8-11,19,22,33H,5-7,12-18H2,1-3H3. The highest BCUT2D eigenvalue weighted by Crippen LogP contribution is 2.32. The van der Waals surface area contributed by atoms with Crippen LogP contribution in [0.2, 0.25) is 0 Å². The van der Waals surface area contributed by atoms with E-state index < -0.39 is 5.60 Å². The maximum Gasteiger partial charge on any atom is 0.410 e. The van der Waals surface area contributed by atoms with Crippen molar-refractivity contribution in [3.05, 3.63) is 35.9 Å². The zero-order chi connectivity index (χ0) is 25.0. The summed E-state index contributed by atoms with van der Waals surface area (Å²) in [7, 11) is 0. The summed E-state index contributed by atoms with van der Waals surface area (Å²) in [6, 6.07) is 8.21. The van der Waals surface area contributed by atoms with Gasteiger partial charge >= 0.3 is 6.09 Å². The molecule has 1 unspecified atom stereocenters. The average molecular weight is 484 g/mol. The second-order valence-electron chi connectivity index (χ2n) is 10.8. The van der Waals surface area contributed by atoms with Crippen molar-refractivity contribution in [1.29, 1.82) is 0 Å². The van der Waals surface area contributed by atoms with Crippen LogP contribution in [0.25, 0.3) is 5.57 Å². The molecule has 2 amide bonds. The fourth-order valence-corrected chi connectivity index (χ4v) is 4.78. The molecule has 1 aromatic carbocycles. The number of likely N-dealkylation sites (tertiary alicyclic amines) is 2. The second kappa shape index (κ2) is 10.7. The molecule has 35 heavy (non-hydrogen) atoms. The number of piperidine rings is 1. The van der Waals surface area contributed by atoms with Crippen molar-refractivity contribution in [2.24, 2.45) is 17.0 Å². The van der Waals surface area contributed by atoms with Gasteiger partial charge in [-0.05, 0) is 82.1 Å². The first-order chi connectivity index (χ1) is 16.7. The van der Waals surface area contributed by atoms with E-state index in [9.17, 15) is 9.59 Å². The van der Waals surface area contributed by atoms with Crippen molar-refractivity contribution in [3.8, 4) is 5.75 Å². The number of benzene rings is 1. The first-order valence-corrected chi connectivity index (χ1v) is 12.6. The van der Waals surface area contributed by atoms with Crippen LogP contribution >= 0.6 is 0 Å². The summed E-state index contributed by atoms with van der Waals surface area (Å²) in [5.74, 6) is 1.46. The third-order valence-electron chi connectivity index (χ3n) is 6.94. The third kappa shape index (κ3) is 6.55. The van der Waals surface area contributed by atoms with Crippen LogP contribution in [0.3, 0.4) is 0 Å². The first kappa shape index (κ1) is 25.1. The summed E-state index contributed by atoms with van der Waals surface area (Å²) in [4.78, 5) is 28.3. The van der Waals surface area contributed by atoms with Crippen molar-refractivity contribution in [2.45, 2.75) is 58.5 Å². The monoisotopic (exact) mass is 483 g/mol. The van der Waals surface area contributed by atoms with E-state index in [1.165, 1.54) is 11.1 Å². The Balaban J connectivity index is 1.20. The van der Waals surface area contributed by atoms with E-state index in [1.807, 2.05) is 32.9 Å². The molecule has 0 saturated carbocycles. The molecular formula is C27H37N3O5. The second-order valence-corrected chi connectivity index (χ2v) is 10.8. The highest BCUT2D eigenvalue weighted by Gasteiger charge is 2.33. The van der Waals surface area contributed by atoms with Crippen LogP contribution in [0.15, 0.2) is 35.5 Å². The van der Waals surface area contributed by atoms with E-state index in [1.54, 1.807) is 9.80 Å². The van der Waals surface area contributed by atoms with Gasteiger partial charge in [-0.25, -0.2) is 4.79 Å². The molecule has 1 N–H and O–H groups in total. The lowest BCUT2D eigenvalue weighted by molar-refractivity contribution is -0.135. The smallest absolute Gasteiger partial charge is 0.410 e. The molecule has 1 aliphatic carbocycles. The van der Waals surface area contributed by atoms with E-state index in [-0.39, 0.29) is 17.9 Å². The van der Waals surface area contributed by atoms with Gasteiger partial charge in [0.05, 0.1) is 25.4 Å². The Bertz CT molecular complexity index is 964. The van der Waals surface area contributed by atoms with Crippen molar-refractivity contribution in [1.82, 2.24) is 9.80 Å². The molecule has 0 aromatic heterocycles. The molecule has 190 valence electrons. The summed E-state index contributed by atoms with van der Waals surface area (Å²) in [6.07, 6.45) is 6.24. The molecule has 2 aliphatic heterocycles. The van der Waals surface area contributed by atoms with Crippen LogP contribution in [0.5, 0.6) is 5.75 Å². The van der Waals surface area contributed by atoms with Gasteiger partial charge in [-0.1, -0.05) is 23.4 Å². The van der Waals surface area contributed by atoms with Gasteiger partial charge in [0.15, 0.2) is 0 Å². The number of allylic oxidation sites excluding steroid dienone is 2. The minimum atomic E-state index is -0.467. The van der Waals surface area contributed by atoms with Gasteiger partial charge in [0.25, 0.3) is 0 Å². The van der Waals surface area contributed by atoms with Gasteiger partial charge in [-0.3, -0.25) is 4.79 Å². The van der Waals surface area contributed by atoms with Gasteiger partial charge in [-0.2, -0.15) is 0 Å². The van der Waals surface area contributed by atoms with Gasteiger partial charge in [0.2, 0.25) is 5.91 Å². The van der Waals surface area contributed by atoms with Gasteiger partial charge in [-0.15, -0.1) is 0 Å². The van der Waals surface area contributed by atoms with Crippen molar-refractivity contribution >= 4 is 23.3 Å². The lowest BCUT2D eigenvalue weighted by Crippen LogP contribution is -2.52. The topological polar surface area (TPSA) is 91.7 Å². The van der Waals surface area contributed by atoms with Crippen molar-refractivity contribution in [2.75, 3.05) is 32.8 Å². The molecular weight excluding hydrogens is 446 g/mol. The Kier molecular flexibility index (Phi) is 7.67. The lowest BCUT2D eigenvalue weighted by Gasteiger charge is -2.35. The van der Waals surface area contributed by atoms with Crippen LogP contribution < -0.4 is 4.74 Å². The van der Waals surface area contributed by atoms with E-state index in [4.69, 9.17) is 14.7 Å². The zero-order valence-electron chi connectivity index (χ0n) is 21.0. The molecule has 4 rings (SSSR count). The van der Waals surface area contributed by atoms with Gasteiger partial charge < -0.3 is 24.5 Å². The Morgan fingerprint density at radius 3 is 2.31 bits per heavy atom. The molecule has 2 heterocycles. The molecule has 0 bridgehead atoms. The normalized spacial score (nSPS) is 21.2. The molecule has 1 aromatic rings. The summed E-state index contributed by atoms with van der Waals surface area (Å²) < 4.78 is 11.5. The van der Waals surface area contributed by atoms with Crippen LogP contribution in [-0.2, 0) is 9.53 Å². The summed E-state index contributed by atoms with van der Waals surface area (Å²) >= 11 is 0. The number of oxime groups is 1. The largest absolute Gasteiger partial charge is 0.493 e. The number of hydrogen-bond donors (Lipinski definition) is 1. The van der Waals surface area contributed by atoms with Crippen LogP contribution in [0.4, 0.5) is 4.79 Å². The average Bonchev–Trinajstić information content (AvgIpc) is 2.82. The molecule has 3 aliphatic rings. The van der Waals surface area contributed by atoms with E-state index in [0.717, 1.165) is 37.9 Å². The molecule has 8 heteroatoms. The highest BCUT2D eigenvalue weighted by atomic mass is 16.6. The zero-order valence-corrected chi connectivity index (χ0v) is 21.0. The molecule has 0 radical (unpaired) electrons. The van der Waals surface area contributed by atoms with Crippen molar-refractivity contribution < 1.29 is 24.3 Å². The number of rotatable bonds is 5. The highest BCUT2D eigenvalue weighted by molar-refractivity contribution is 6.00. The Morgan fingerprint density at radius 1 is 1.06 bits per heavy atom.